The van der Waals surface area contributed by atoms with Crippen molar-refractivity contribution < 1.29 is 4.79 Å². The molecule has 0 spiro atoms. The molecule has 1 fully saturated rings. The van der Waals surface area contributed by atoms with Gasteiger partial charge in [-0.15, -0.1) is 11.3 Å². The van der Waals surface area contributed by atoms with Gasteiger partial charge in [0.05, 0.1) is 8.45 Å². The lowest BCUT2D eigenvalue weighted by Crippen LogP contribution is -2.26. The number of halogens is 1. The molecule has 1 heterocycles. The molecule has 15 heavy (non-hydrogen) atoms. The highest BCUT2D eigenvalue weighted by Crippen LogP contribution is 2.34. The minimum atomic E-state index is 0.0952. The van der Waals surface area contributed by atoms with Crippen molar-refractivity contribution in [3.05, 3.63) is 19.9 Å². The summed E-state index contributed by atoms with van der Waals surface area (Å²) in [5, 5.41) is 5.01. The first-order valence-corrected chi connectivity index (χ1v) is 7.21. The van der Waals surface area contributed by atoms with Crippen molar-refractivity contribution in [2.45, 2.75) is 32.2 Å². The van der Waals surface area contributed by atoms with Gasteiger partial charge in [-0.2, -0.15) is 0 Å². The molecule has 0 aliphatic heterocycles. The van der Waals surface area contributed by atoms with Crippen molar-refractivity contribution in [1.82, 2.24) is 5.32 Å². The van der Waals surface area contributed by atoms with E-state index in [0.29, 0.717) is 6.04 Å². The number of carbonyl (C=O) groups is 1. The predicted octanol–water partition coefficient (Wildman–Crippen LogP) is 3.27. The summed E-state index contributed by atoms with van der Waals surface area (Å²) in [5.74, 6) is 0.828. The molecule has 0 radical (unpaired) electrons. The Hall–Kier alpha value is -0.100. The number of amides is 1. The maximum Gasteiger partial charge on any atom is 0.252 e. The van der Waals surface area contributed by atoms with Crippen LogP contribution in [0.15, 0.2) is 11.4 Å². The molecule has 2 atom stereocenters. The van der Waals surface area contributed by atoms with E-state index in [1.165, 1.54) is 22.1 Å². The second kappa shape index (κ2) is 4.82. The van der Waals surface area contributed by atoms with Crippen LogP contribution in [0, 0.1) is 8.80 Å². The largest absolute Gasteiger partial charge is 0.349 e. The molecule has 82 valence electrons. The lowest BCUT2D eigenvalue weighted by molar-refractivity contribution is 0.0949. The Morgan fingerprint density at radius 2 is 2.53 bits per heavy atom. The summed E-state index contributed by atoms with van der Waals surface area (Å²) in [6.07, 6.45) is 3.63. The molecule has 2 unspecified atom stereocenters. The van der Waals surface area contributed by atoms with Crippen LogP contribution in [0.3, 0.4) is 0 Å². The zero-order chi connectivity index (χ0) is 10.8. The van der Waals surface area contributed by atoms with Crippen LogP contribution in [0.2, 0.25) is 0 Å². The van der Waals surface area contributed by atoms with Gasteiger partial charge in [0.2, 0.25) is 0 Å². The molecule has 1 N–H and O–H groups in total. The van der Waals surface area contributed by atoms with Gasteiger partial charge in [-0.3, -0.25) is 4.79 Å². The molecule has 4 heteroatoms. The SMILES string of the molecule is CCCC1CC1NC(=O)c1csc(I)c1. The molecule has 0 aromatic carbocycles. The van der Waals surface area contributed by atoms with Gasteiger partial charge in [0.25, 0.3) is 5.91 Å². The van der Waals surface area contributed by atoms with E-state index in [2.05, 4.69) is 34.8 Å². The van der Waals surface area contributed by atoms with E-state index in [9.17, 15) is 4.79 Å². The topological polar surface area (TPSA) is 29.1 Å². The fourth-order valence-corrected chi connectivity index (χ4v) is 3.12. The minimum Gasteiger partial charge on any atom is -0.349 e. The molecule has 1 aliphatic carbocycles. The smallest absolute Gasteiger partial charge is 0.252 e. The normalized spacial score (nSPS) is 23.9. The van der Waals surface area contributed by atoms with Gasteiger partial charge in [-0.05, 0) is 47.4 Å². The first-order valence-electron chi connectivity index (χ1n) is 5.25. The summed E-state index contributed by atoms with van der Waals surface area (Å²) in [6, 6.07) is 2.38. The van der Waals surface area contributed by atoms with Gasteiger partial charge in [0.15, 0.2) is 0 Å². The molecular formula is C11H14INOS. The van der Waals surface area contributed by atoms with E-state index in [4.69, 9.17) is 0 Å². The standard InChI is InChI=1S/C11H14INOS/c1-2-3-7-4-9(7)13-11(14)8-5-10(12)15-6-8/h5-7,9H,2-4H2,1H3,(H,13,14). The van der Waals surface area contributed by atoms with Crippen molar-refractivity contribution in [3.63, 3.8) is 0 Å². The van der Waals surface area contributed by atoms with Crippen molar-refractivity contribution in [3.8, 4) is 0 Å². The molecule has 1 aliphatic rings. The lowest BCUT2D eigenvalue weighted by atomic mass is 10.2. The molecule has 1 aromatic heterocycles. The van der Waals surface area contributed by atoms with Crippen LogP contribution in [0.1, 0.15) is 36.5 Å². The number of carbonyl (C=O) groups excluding carboxylic acids is 1. The van der Waals surface area contributed by atoms with Crippen LogP contribution >= 0.6 is 33.9 Å². The van der Waals surface area contributed by atoms with Gasteiger partial charge in [0, 0.05) is 11.4 Å². The van der Waals surface area contributed by atoms with Gasteiger partial charge in [-0.25, -0.2) is 0 Å². The monoisotopic (exact) mass is 335 g/mol. The van der Waals surface area contributed by atoms with Crippen LogP contribution in [0.5, 0.6) is 0 Å². The molecule has 0 saturated heterocycles. The average molecular weight is 335 g/mol. The number of thiophene rings is 1. The van der Waals surface area contributed by atoms with E-state index >= 15 is 0 Å². The number of hydrogen-bond acceptors (Lipinski definition) is 2. The number of rotatable bonds is 4. The molecule has 1 amide bonds. The second-order valence-electron chi connectivity index (χ2n) is 4.00. The first-order chi connectivity index (χ1) is 7.20. The fourth-order valence-electron chi connectivity index (χ4n) is 1.80. The molecule has 2 nitrogen and oxygen atoms in total. The lowest BCUT2D eigenvalue weighted by Gasteiger charge is -2.01. The van der Waals surface area contributed by atoms with E-state index in [0.717, 1.165) is 11.5 Å². The van der Waals surface area contributed by atoms with Gasteiger partial charge in [-0.1, -0.05) is 13.3 Å². The summed E-state index contributed by atoms with van der Waals surface area (Å²) in [6.45, 7) is 2.19. The molecule has 1 saturated carbocycles. The van der Waals surface area contributed by atoms with E-state index in [1.807, 2.05) is 11.4 Å². The number of nitrogens with one attached hydrogen (secondary N) is 1. The van der Waals surface area contributed by atoms with Crippen molar-refractivity contribution in [2.75, 3.05) is 0 Å². The van der Waals surface area contributed by atoms with E-state index < -0.39 is 0 Å². The van der Waals surface area contributed by atoms with Crippen LogP contribution in [0.4, 0.5) is 0 Å². The Morgan fingerprint density at radius 3 is 3.13 bits per heavy atom. The minimum absolute atomic E-state index is 0.0952. The Kier molecular flexibility index (Phi) is 3.66. The summed E-state index contributed by atoms with van der Waals surface area (Å²) < 4.78 is 1.17. The fraction of sp³-hybridized carbons (Fsp3) is 0.545. The van der Waals surface area contributed by atoms with Crippen molar-refractivity contribution in [1.29, 1.82) is 0 Å². The third-order valence-electron chi connectivity index (χ3n) is 2.73. The third-order valence-corrected chi connectivity index (χ3v) is 4.52. The second-order valence-corrected chi connectivity index (χ2v) is 6.81. The maximum atomic E-state index is 11.8. The molecule has 1 aromatic rings. The summed E-state index contributed by atoms with van der Waals surface area (Å²) in [4.78, 5) is 11.8. The summed E-state index contributed by atoms with van der Waals surface area (Å²) in [7, 11) is 0. The molecular weight excluding hydrogens is 321 g/mol. The zero-order valence-electron chi connectivity index (χ0n) is 8.63. The predicted molar refractivity (Wildman–Crippen MR) is 71.3 cm³/mol. The quantitative estimate of drug-likeness (QED) is 0.841. The van der Waals surface area contributed by atoms with Crippen LogP contribution in [-0.4, -0.2) is 11.9 Å². The highest BCUT2D eigenvalue weighted by molar-refractivity contribution is 14.1. The summed E-state index contributed by atoms with van der Waals surface area (Å²) in [5.41, 5.74) is 0.812. The highest BCUT2D eigenvalue weighted by Gasteiger charge is 2.37. The Labute approximate surface area is 108 Å². The first kappa shape index (κ1) is 11.4. The Bertz CT molecular complexity index is 363. The third kappa shape index (κ3) is 2.93. The summed E-state index contributed by atoms with van der Waals surface area (Å²) >= 11 is 3.86. The average Bonchev–Trinajstić information content (AvgIpc) is 2.76. The van der Waals surface area contributed by atoms with Gasteiger partial charge in [0.1, 0.15) is 0 Å². The van der Waals surface area contributed by atoms with Crippen molar-refractivity contribution in [2.24, 2.45) is 5.92 Å². The van der Waals surface area contributed by atoms with Crippen LogP contribution in [0.25, 0.3) is 0 Å². The van der Waals surface area contributed by atoms with Crippen LogP contribution in [-0.2, 0) is 0 Å². The van der Waals surface area contributed by atoms with Gasteiger partial charge < -0.3 is 5.32 Å². The van der Waals surface area contributed by atoms with Crippen molar-refractivity contribution >= 4 is 39.8 Å². The van der Waals surface area contributed by atoms with E-state index in [-0.39, 0.29) is 5.91 Å². The maximum absolute atomic E-state index is 11.8. The Balaban J connectivity index is 1.84. The van der Waals surface area contributed by atoms with E-state index in [1.54, 1.807) is 11.3 Å². The van der Waals surface area contributed by atoms with Gasteiger partial charge >= 0.3 is 0 Å². The van der Waals surface area contributed by atoms with Crippen LogP contribution < -0.4 is 5.32 Å². The Morgan fingerprint density at radius 1 is 1.73 bits per heavy atom. The molecule has 2 rings (SSSR count). The zero-order valence-corrected chi connectivity index (χ0v) is 11.6. The molecule has 0 bridgehead atoms. The highest BCUT2D eigenvalue weighted by atomic mass is 127. The number of hydrogen-bond donors (Lipinski definition) is 1.